The average Bonchev–Trinajstić information content (AvgIpc) is 2.72. The zero-order chi connectivity index (χ0) is 24.5. The number of hydrogen-bond acceptors (Lipinski definition) is 6. The first kappa shape index (κ1) is 26.3. The summed E-state index contributed by atoms with van der Waals surface area (Å²) in [6.45, 7) is 5.05. The third-order valence-corrected chi connectivity index (χ3v) is 5.00. The van der Waals surface area contributed by atoms with Crippen LogP contribution in [0.1, 0.15) is 35.3 Å². The van der Waals surface area contributed by atoms with Gasteiger partial charge in [-0.05, 0) is 48.9 Å². The molecule has 0 aliphatic carbocycles. The van der Waals surface area contributed by atoms with Crippen molar-refractivity contribution in [2.45, 2.75) is 19.4 Å². The summed E-state index contributed by atoms with van der Waals surface area (Å²) < 4.78 is 4.98. The topological polar surface area (TPSA) is 123 Å². The van der Waals surface area contributed by atoms with Gasteiger partial charge in [0.2, 0.25) is 5.91 Å². The molecule has 2 rings (SSSR count). The molecule has 8 nitrogen and oxygen atoms in total. The number of nitrogens with two attached hydrogens (primary N) is 1. The molecule has 0 aliphatic rings. The van der Waals surface area contributed by atoms with Gasteiger partial charge in [0.05, 0.1) is 42.1 Å². The highest BCUT2D eigenvalue weighted by atomic mass is 35.5. The van der Waals surface area contributed by atoms with Crippen LogP contribution in [-0.4, -0.2) is 30.9 Å². The molecule has 2 aromatic rings. The molecule has 1 atom stereocenters. The van der Waals surface area contributed by atoms with Crippen LogP contribution in [0.15, 0.2) is 48.8 Å². The van der Waals surface area contributed by atoms with E-state index in [-0.39, 0.29) is 31.0 Å². The number of esters is 1. The first-order valence-electron chi connectivity index (χ1n) is 9.79. The molecule has 2 aromatic carbocycles. The maximum absolute atomic E-state index is 12.5. The monoisotopic (exact) mass is 512 g/mol. The molecule has 33 heavy (non-hydrogen) atoms. The Hall–Kier alpha value is -2.94. The van der Waals surface area contributed by atoms with Crippen LogP contribution in [-0.2, 0) is 14.3 Å². The lowest BCUT2D eigenvalue weighted by atomic mass is 10.0. The van der Waals surface area contributed by atoms with Gasteiger partial charge < -0.3 is 26.4 Å². The lowest BCUT2D eigenvalue weighted by Gasteiger charge is -2.19. The molecule has 2 amide bonds. The molecule has 0 bridgehead atoms. The van der Waals surface area contributed by atoms with E-state index >= 15 is 0 Å². The van der Waals surface area contributed by atoms with Crippen LogP contribution in [0.3, 0.4) is 0 Å². The summed E-state index contributed by atoms with van der Waals surface area (Å²) in [6, 6.07) is 8.44. The Bertz CT molecular complexity index is 1040. The Morgan fingerprint density at radius 1 is 1.09 bits per heavy atom. The quantitative estimate of drug-likeness (QED) is 0.356. The molecule has 0 aliphatic heterocycles. The number of ether oxygens (including phenoxy) is 1. The Labute approximate surface area is 206 Å². The number of carbonyl (C=O) groups is 3. The molecule has 5 N–H and O–H groups in total. The van der Waals surface area contributed by atoms with Crippen LogP contribution in [0.4, 0.5) is 5.69 Å². The van der Waals surface area contributed by atoms with Crippen molar-refractivity contribution in [1.29, 1.82) is 0 Å². The van der Waals surface area contributed by atoms with Crippen molar-refractivity contribution >= 4 is 58.3 Å². The highest BCUT2D eigenvalue weighted by Crippen LogP contribution is 2.26. The van der Waals surface area contributed by atoms with Crippen LogP contribution in [0.25, 0.3) is 0 Å². The van der Waals surface area contributed by atoms with E-state index < -0.39 is 23.8 Å². The fourth-order valence-electron chi connectivity index (χ4n) is 2.86. The van der Waals surface area contributed by atoms with Crippen LogP contribution in [0, 0.1) is 0 Å². The largest absolute Gasteiger partial charge is 0.466 e. The first-order valence-corrected chi connectivity index (χ1v) is 10.9. The number of nitrogens with one attached hydrogen (secondary N) is 3. The van der Waals surface area contributed by atoms with Gasteiger partial charge in [0, 0.05) is 15.6 Å². The molecule has 0 aromatic heterocycles. The summed E-state index contributed by atoms with van der Waals surface area (Å²) in [4.78, 5) is 37.0. The van der Waals surface area contributed by atoms with Crippen LogP contribution in [0.2, 0.25) is 15.1 Å². The summed E-state index contributed by atoms with van der Waals surface area (Å²) >= 11 is 18.2. The molecule has 0 saturated carbocycles. The van der Waals surface area contributed by atoms with Gasteiger partial charge in [0.15, 0.2) is 0 Å². The number of hydrogen-bond donors (Lipinski definition) is 4. The van der Waals surface area contributed by atoms with E-state index in [1.807, 2.05) is 0 Å². The zero-order valence-corrected chi connectivity index (χ0v) is 20.0. The van der Waals surface area contributed by atoms with E-state index in [0.29, 0.717) is 26.3 Å². The summed E-state index contributed by atoms with van der Waals surface area (Å²) in [6.07, 6.45) is -0.139. The average molecular weight is 514 g/mol. The minimum absolute atomic E-state index is 0.139. The van der Waals surface area contributed by atoms with E-state index in [1.54, 1.807) is 19.1 Å². The minimum atomic E-state index is -0.758. The predicted octanol–water partition coefficient (Wildman–Crippen LogP) is 4.03. The Kier molecular flexibility index (Phi) is 9.84. The maximum Gasteiger partial charge on any atom is 0.308 e. The van der Waals surface area contributed by atoms with E-state index in [0.717, 1.165) is 0 Å². The van der Waals surface area contributed by atoms with Gasteiger partial charge in [0.1, 0.15) is 0 Å². The Morgan fingerprint density at radius 3 is 2.36 bits per heavy atom. The summed E-state index contributed by atoms with van der Waals surface area (Å²) in [5.74, 6) is -1.40. The molecule has 0 fully saturated rings. The van der Waals surface area contributed by atoms with E-state index in [9.17, 15) is 14.4 Å². The van der Waals surface area contributed by atoms with Crippen molar-refractivity contribution in [2.75, 3.05) is 18.5 Å². The molecule has 0 saturated heterocycles. The second kappa shape index (κ2) is 12.3. The third-order valence-electron chi connectivity index (χ3n) is 4.23. The Morgan fingerprint density at radius 2 is 1.76 bits per heavy atom. The second-order valence-corrected chi connectivity index (χ2v) is 8.14. The van der Waals surface area contributed by atoms with Gasteiger partial charge in [-0.3, -0.25) is 14.4 Å². The lowest BCUT2D eigenvalue weighted by molar-refractivity contribution is -0.143. The predicted molar refractivity (Wildman–Crippen MR) is 129 cm³/mol. The van der Waals surface area contributed by atoms with E-state index in [1.165, 1.54) is 24.3 Å². The number of benzene rings is 2. The van der Waals surface area contributed by atoms with Crippen molar-refractivity contribution < 1.29 is 19.1 Å². The van der Waals surface area contributed by atoms with Crippen molar-refractivity contribution in [3.63, 3.8) is 0 Å². The summed E-state index contributed by atoms with van der Waals surface area (Å²) in [7, 11) is 0. The van der Waals surface area contributed by atoms with Gasteiger partial charge in [-0.2, -0.15) is 0 Å². The molecule has 11 heteroatoms. The van der Waals surface area contributed by atoms with Crippen LogP contribution >= 0.6 is 34.8 Å². The van der Waals surface area contributed by atoms with Crippen molar-refractivity contribution in [3.05, 3.63) is 75.0 Å². The fourth-order valence-corrected chi connectivity index (χ4v) is 3.57. The standard InChI is InChI=1S/C22H23Cl3N4O4/c1-3-33-21(31)10-18(14-6-15(23)9-16(24)7-14)29-20(30)11-27-22(32)13-4-5-17(25)19(8-13)28-12(2)26/h4-9,18,28H,2-3,10-11,26H2,1H3,(H,27,32)(H,29,30). The SMILES string of the molecule is C=C(N)Nc1cc(C(=O)NCC(=O)NC(CC(=O)OCC)c2cc(Cl)cc(Cl)c2)ccc1Cl. The van der Waals surface area contributed by atoms with Crippen LogP contribution < -0.4 is 21.7 Å². The van der Waals surface area contributed by atoms with Gasteiger partial charge in [-0.25, -0.2) is 0 Å². The number of rotatable bonds is 10. The third kappa shape index (κ3) is 8.49. The first-order chi connectivity index (χ1) is 15.6. The van der Waals surface area contributed by atoms with Crippen molar-refractivity contribution in [1.82, 2.24) is 10.6 Å². The minimum Gasteiger partial charge on any atom is -0.466 e. The van der Waals surface area contributed by atoms with Gasteiger partial charge >= 0.3 is 5.97 Å². The maximum atomic E-state index is 12.5. The molecule has 176 valence electrons. The van der Waals surface area contributed by atoms with Gasteiger partial charge in [-0.1, -0.05) is 41.4 Å². The highest BCUT2D eigenvalue weighted by molar-refractivity contribution is 6.34. The molecule has 0 spiro atoms. The normalized spacial score (nSPS) is 11.3. The molecule has 0 radical (unpaired) electrons. The smallest absolute Gasteiger partial charge is 0.308 e. The molecule has 1 unspecified atom stereocenters. The molecular weight excluding hydrogens is 491 g/mol. The highest BCUT2D eigenvalue weighted by Gasteiger charge is 2.21. The number of carbonyl (C=O) groups excluding carboxylic acids is 3. The van der Waals surface area contributed by atoms with Gasteiger partial charge in [0.25, 0.3) is 5.91 Å². The van der Waals surface area contributed by atoms with E-state index in [4.69, 9.17) is 45.3 Å². The molecular formula is C22H23Cl3N4O4. The van der Waals surface area contributed by atoms with Crippen molar-refractivity contribution in [3.8, 4) is 0 Å². The number of anilines is 1. The fraction of sp³-hybridized carbons (Fsp3) is 0.227. The summed E-state index contributed by atoms with van der Waals surface area (Å²) in [5, 5.41) is 8.99. The van der Waals surface area contributed by atoms with Crippen molar-refractivity contribution in [2.24, 2.45) is 5.73 Å². The summed E-state index contributed by atoms with van der Waals surface area (Å²) in [5.41, 5.74) is 6.69. The zero-order valence-electron chi connectivity index (χ0n) is 17.7. The van der Waals surface area contributed by atoms with Gasteiger partial charge in [-0.15, -0.1) is 0 Å². The number of halogens is 3. The second-order valence-electron chi connectivity index (χ2n) is 6.86. The van der Waals surface area contributed by atoms with E-state index in [2.05, 4.69) is 22.5 Å². The lowest BCUT2D eigenvalue weighted by Crippen LogP contribution is -2.39. The number of amides is 2. The molecule has 0 heterocycles. The van der Waals surface area contributed by atoms with Crippen LogP contribution in [0.5, 0.6) is 0 Å². The Balaban J connectivity index is 2.08.